The Morgan fingerprint density at radius 2 is 2.12 bits per heavy atom. The third-order valence-electron chi connectivity index (χ3n) is 5.03. The van der Waals surface area contributed by atoms with E-state index in [1.54, 1.807) is 0 Å². The lowest BCUT2D eigenvalue weighted by Crippen LogP contribution is -2.48. The van der Waals surface area contributed by atoms with Crippen molar-refractivity contribution < 1.29 is 4.74 Å². The number of ether oxygens (including phenoxy) is 1. The normalized spacial score (nSPS) is 23.4. The van der Waals surface area contributed by atoms with Crippen LogP contribution in [0.3, 0.4) is 0 Å². The molecule has 1 aromatic heterocycles. The molecule has 7 nitrogen and oxygen atoms in total. The maximum Gasteiger partial charge on any atom is 0.232 e. The first-order valence-electron chi connectivity index (χ1n) is 8.88. The number of anilines is 3. The van der Waals surface area contributed by atoms with E-state index in [9.17, 15) is 0 Å². The van der Waals surface area contributed by atoms with E-state index in [4.69, 9.17) is 10.5 Å². The summed E-state index contributed by atoms with van der Waals surface area (Å²) in [6.45, 7) is 4.41. The van der Waals surface area contributed by atoms with Crippen LogP contribution in [0.5, 0.6) is 0 Å². The number of hydrogen-bond acceptors (Lipinski definition) is 7. The van der Waals surface area contributed by atoms with Crippen LogP contribution in [-0.4, -0.2) is 45.1 Å². The number of nitrogens with two attached hydrogens (primary N) is 1. The summed E-state index contributed by atoms with van der Waals surface area (Å²) >= 11 is 0. The maximum atomic E-state index is 5.92. The molecule has 2 heterocycles. The summed E-state index contributed by atoms with van der Waals surface area (Å²) in [7, 11) is 0. The third-order valence-corrected chi connectivity index (χ3v) is 5.03. The molecule has 0 unspecified atom stereocenters. The molecule has 132 valence electrons. The number of morpholine rings is 1. The number of aryl methyl sites for hydroxylation is 1. The van der Waals surface area contributed by atoms with Crippen molar-refractivity contribution in [3.63, 3.8) is 0 Å². The molecule has 2 fully saturated rings. The Bertz CT molecular complexity index is 752. The number of nitrogens with one attached hydrogen (secondary N) is 1. The predicted molar refractivity (Wildman–Crippen MR) is 96.5 cm³/mol. The number of nitrogen functional groups attached to an aromatic ring is 1. The van der Waals surface area contributed by atoms with E-state index in [0.29, 0.717) is 30.5 Å². The zero-order valence-corrected chi connectivity index (χ0v) is 14.5. The van der Waals surface area contributed by atoms with E-state index in [2.05, 4.69) is 25.2 Å². The number of fused-ring (bicyclic) bond motifs is 1. The van der Waals surface area contributed by atoms with Gasteiger partial charge in [0.05, 0.1) is 19.3 Å². The fourth-order valence-corrected chi connectivity index (χ4v) is 3.78. The number of rotatable bonds is 4. The van der Waals surface area contributed by atoms with Crippen LogP contribution in [0.15, 0.2) is 24.3 Å². The van der Waals surface area contributed by atoms with E-state index in [1.165, 1.54) is 12.8 Å². The van der Waals surface area contributed by atoms with Gasteiger partial charge >= 0.3 is 0 Å². The van der Waals surface area contributed by atoms with Gasteiger partial charge in [0.25, 0.3) is 0 Å². The standard InChI is InChI=1S/C18H24N6O/c1-12-5-2-3-6-13(12)20-18-22-16(21-17(19)23-18)11-24-9-10-25-15-8-4-7-14(15)24/h2-3,5-6,14-15H,4,7-11H2,1H3,(H3,19,20,21,22,23)/t14-,15+/m0/s1. The molecule has 2 aliphatic rings. The van der Waals surface area contributed by atoms with Gasteiger partial charge in [0.1, 0.15) is 5.82 Å². The molecule has 0 radical (unpaired) electrons. The van der Waals surface area contributed by atoms with Gasteiger partial charge in [-0.05, 0) is 37.8 Å². The molecule has 7 heteroatoms. The van der Waals surface area contributed by atoms with Crippen LogP contribution in [-0.2, 0) is 11.3 Å². The van der Waals surface area contributed by atoms with Crippen LogP contribution in [0.2, 0.25) is 0 Å². The number of nitrogens with zero attached hydrogens (tertiary/aromatic N) is 4. The minimum Gasteiger partial charge on any atom is -0.375 e. The predicted octanol–water partition coefficient (Wildman–Crippen LogP) is 2.26. The van der Waals surface area contributed by atoms with Crippen LogP contribution < -0.4 is 11.1 Å². The van der Waals surface area contributed by atoms with Crippen LogP contribution in [0.4, 0.5) is 17.6 Å². The Morgan fingerprint density at radius 3 is 3.00 bits per heavy atom. The van der Waals surface area contributed by atoms with Gasteiger partial charge in [-0.1, -0.05) is 18.2 Å². The fourth-order valence-electron chi connectivity index (χ4n) is 3.78. The van der Waals surface area contributed by atoms with Gasteiger partial charge in [0.15, 0.2) is 0 Å². The molecular formula is C18H24N6O. The minimum absolute atomic E-state index is 0.248. The van der Waals surface area contributed by atoms with Gasteiger partial charge in [0, 0.05) is 18.3 Å². The Labute approximate surface area is 147 Å². The van der Waals surface area contributed by atoms with Crippen LogP contribution in [0.25, 0.3) is 0 Å². The Morgan fingerprint density at radius 1 is 1.24 bits per heavy atom. The summed E-state index contributed by atoms with van der Waals surface area (Å²) in [4.78, 5) is 15.6. The molecule has 0 bridgehead atoms. The van der Waals surface area contributed by atoms with Gasteiger partial charge in [0.2, 0.25) is 11.9 Å². The summed E-state index contributed by atoms with van der Waals surface area (Å²) in [6, 6.07) is 8.50. The largest absolute Gasteiger partial charge is 0.375 e. The number of benzene rings is 1. The smallest absolute Gasteiger partial charge is 0.232 e. The van der Waals surface area contributed by atoms with E-state index in [-0.39, 0.29) is 5.95 Å². The number of aromatic nitrogens is 3. The van der Waals surface area contributed by atoms with Crippen molar-refractivity contribution in [2.45, 2.75) is 44.9 Å². The molecule has 1 aliphatic carbocycles. The zero-order chi connectivity index (χ0) is 17.2. The second-order valence-corrected chi connectivity index (χ2v) is 6.75. The van der Waals surface area contributed by atoms with Gasteiger partial charge < -0.3 is 15.8 Å². The van der Waals surface area contributed by atoms with E-state index < -0.39 is 0 Å². The van der Waals surface area contributed by atoms with Crippen LogP contribution in [0, 0.1) is 6.92 Å². The SMILES string of the molecule is Cc1ccccc1Nc1nc(N)nc(CN2CCO[C@@H]3CCC[C@@H]32)n1. The summed E-state index contributed by atoms with van der Waals surface area (Å²) in [5.74, 6) is 1.45. The maximum absolute atomic E-state index is 5.92. The lowest BCUT2D eigenvalue weighted by atomic mass is 10.1. The van der Waals surface area contributed by atoms with Crippen molar-refractivity contribution in [1.82, 2.24) is 19.9 Å². The van der Waals surface area contributed by atoms with Crippen molar-refractivity contribution >= 4 is 17.6 Å². The van der Waals surface area contributed by atoms with Crippen molar-refractivity contribution in [3.05, 3.63) is 35.7 Å². The molecule has 3 N–H and O–H groups in total. The average Bonchev–Trinajstić information content (AvgIpc) is 3.06. The van der Waals surface area contributed by atoms with Crippen molar-refractivity contribution in [1.29, 1.82) is 0 Å². The molecule has 1 aromatic carbocycles. The molecule has 4 rings (SSSR count). The molecule has 1 saturated heterocycles. The van der Waals surface area contributed by atoms with Crippen molar-refractivity contribution in [2.75, 3.05) is 24.2 Å². The highest BCUT2D eigenvalue weighted by molar-refractivity contribution is 5.58. The van der Waals surface area contributed by atoms with Crippen LogP contribution in [0.1, 0.15) is 30.7 Å². The minimum atomic E-state index is 0.248. The Hall–Kier alpha value is -2.25. The highest BCUT2D eigenvalue weighted by Crippen LogP contribution is 2.30. The summed E-state index contributed by atoms with van der Waals surface area (Å²) in [5.41, 5.74) is 8.02. The first-order chi connectivity index (χ1) is 12.2. The van der Waals surface area contributed by atoms with E-state index in [0.717, 1.165) is 30.8 Å². The lowest BCUT2D eigenvalue weighted by Gasteiger charge is -2.37. The highest BCUT2D eigenvalue weighted by Gasteiger charge is 2.36. The molecule has 0 spiro atoms. The van der Waals surface area contributed by atoms with Gasteiger partial charge in [-0.2, -0.15) is 15.0 Å². The van der Waals surface area contributed by atoms with Crippen molar-refractivity contribution in [2.24, 2.45) is 0 Å². The van der Waals surface area contributed by atoms with E-state index in [1.807, 2.05) is 31.2 Å². The summed E-state index contributed by atoms with van der Waals surface area (Å²) < 4.78 is 5.88. The second-order valence-electron chi connectivity index (χ2n) is 6.75. The number of para-hydroxylation sites is 1. The molecule has 2 aromatic rings. The fraction of sp³-hybridized carbons (Fsp3) is 0.500. The third kappa shape index (κ3) is 3.57. The molecule has 25 heavy (non-hydrogen) atoms. The Kier molecular flexibility index (Phi) is 4.50. The molecule has 1 aliphatic heterocycles. The summed E-state index contributed by atoms with van der Waals surface area (Å²) in [6.07, 6.45) is 3.92. The second kappa shape index (κ2) is 6.93. The first kappa shape index (κ1) is 16.2. The lowest BCUT2D eigenvalue weighted by molar-refractivity contribution is -0.0596. The monoisotopic (exact) mass is 340 g/mol. The molecule has 2 atom stereocenters. The highest BCUT2D eigenvalue weighted by atomic mass is 16.5. The topological polar surface area (TPSA) is 89.2 Å². The first-order valence-corrected chi connectivity index (χ1v) is 8.88. The van der Waals surface area contributed by atoms with Crippen LogP contribution >= 0.6 is 0 Å². The zero-order valence-electron chi connectivity index (χ0n) is 14.5. The number of hydrogen-bond donors (Lipinski definition) is 2. The summed E-state index contributed by atoms with van der Waals surface area (Å²) in [5, 5.41) is 3.25. The van der Waals surface area contributed by atoms with Crippen molar-refractivity contribution in [3.8, 4) is 0 Å². The van der Waals surface area contributed by atoms with Gasteiger partial charge in [-0.3, -0.25) is 4.90 Å². The van der Waals surface area contributed by atoms with Gasteiger partial charge in [-0.25, -0.2) is 0 Å². The molecular weight excluding hydrogens is 316 g/mol. The molecule has 0 amide bonds. The Balaban J connectivity index is 1.52. The average molecular weight is 340 g/mol. The van der Waals surface area contributed by atoms with E-state index >= 15 is 0 Å². The molecule has 1 saturated carbocycles. The van der Waals surface area contributed by atoms with Gasteiger partial charge in [-0.15, -0.1) is 0 Å². The quantitative estimate of drug-likeness (QED) is 0.882.